The van der Waals surface area contributed by atoms with Gasteiger partial charge in [-0.25, -0.2) is 4.79 Å². The van der Waals surface area contributed by atoms with E-state index in [-0.39, 0.29) is 6.42 Å². The summed E-state index contributed by atoms with van der Waals surface area (Å²) < 4.78 is 0. The van der Waals surface area contributed by atoms with Gasteiger partial charge in [-0.2, -0.15) is 0 Å². The van der Waals surface area contributed by atoms with Crippen molar-refractivity contribution in [2.75, 3.05) is 5.32 Å². The molecule has 2 amide bonds. The Kier molecular flexibility index (Phi) is 5.74. The monoisotopic (exact) mass is 311 g/mol. The summed E-state index contributed by atoms with van der Waals surface area (Å²) in [4.78, 5) is 23.2. The molecule has 0 fully saturated rings. The van der Waals surface area contributed by atoms with Gasteiger partial charge >= 0.3 is 6.03 Å². The van der Waals surface area contributed by atoms with Crippen LogP contribution in [0.1, 0.15) is 18.1 Å². The molecule has 120 valence electrons. The van der Waals surface area contributed by atoms with Crippen LogP contribution in [0.15, 0.2) is 54.6 Å². The molecule has 23 heavy (non-hydrogen) atoms. The quantitative estimate of drug-likeness (QED) is 0.852. The van der Waals surface area contributed by atoms with E-state index in [0.717, 1.165) is 17.5 Å². The Hall–Kier alpha value is -2.82. The number of anilines is 1. The Morgan fingerprint density at radius 3 is 2.39 bits per heavy atom. The number of rotatable bonds is 6. The van der Waals surface area contributed by atoms with E-state index in [1.807, 2.05) is 43.3 Å². The van der Waals surface area contributed by atoms with E-state index in [9.17, 15) is 14.7 Å². The van der Waals surface area contributed by atoms with Gasteiger partial charge in [0, 0.05) is 5.69 Å². The number of aryl methyl sites for hydroxylation is 1. The van der Waals surface area contributed by atoms with Crippen molar-refractivity contribution in [2.45, 2.75) is 25.8 Å². The molecule has 2 rings (SSSR count). The lowest BCUT2D eigenvalue weighted by Gasteiger charge is -2.20. The fraction of sp³-hybridized carbons (Fsp3) is 0.222. The lowest BCUT2D eigenvalue weighted by atomic mass is 10.1. The molecule has 0 unspecified atom stereocenters. The minimum absolute atomic E-state index is 0.172. The van der Waals surface area contributed by atoms with Gasteiger partial charge in [0.15, 0.2) is 0 Å². The Morgan fingerprint density at radius 1 is 1.04 bits per heavy atom. The van der Waals surface area contributed by atoms with Crippen molar-refractivity contribution in [1.82, 2.24) is 5.32 Å². The molecule has 0 aliphatic carbocycles. The van der Waals surface area contributed by atoms with Crippen molar-refractivity contribution in [3.63, 3.8) is 0 Å². The molecule has 0 bridgehead atoms. The molecule has 0 heterocycles. The van der Waals surface area contributed by atoms with E-state index >= 15 is 0 Å². The predicted octanol–water partition coefficient (Wildman–Crippen LogP) is 1.73. The summed E-state index contributed by atoms with van der Waals surface area (Å²) in [5.74, 6) is -1.31. The zero-order chi connectivity index (χ0) is 16.7. The van der Waals surface area contributed by atoms with Gasteiger partial charge in [0.05, 0.1) is 12.0 Å². The standard InChI is InChI=1S/C18H20N2O3/c1-2-13-9-6-10-15(11-13)19-18(23)20-16(17(21)22)12-14-7-4-3-5-8-14/h3-11,16H,2,12H2,1H3,(H,21,22)(H2,19,20,23)/p-1/t16-/m0/s1. The van der Waals surface area contributed by atoms with Crippen LogP contribution in [0.5, 0.6) is 0 Å². The lowest BCUT2D eigenvalue weighted by molar-refractivity contribution is -0.308. The maximum Gasteiger partial charge on any atom is 0.319 e. The van der Waals surface area contributed by atoms with Crippen LogP contribution in [0, 0.1) is 0 Å². The summed E-state index contributed by atoms with van der Waals surface area (Å²) in [6.07, 6.45) is 1.03. The van der Waals surface area contributed by atoms with Crippen LogP contribution in [0.4, 0.5) is 10.5 Å². The number of hydrogen-bond donors (Lipinski definition) is 2. The van der Waals surface area contributed by atoms with Crippen LogP contribution in [-0.2, 0) is 17.6 Å². The molecule has 5 heteroatoms. The number of aliphatic carboxylic acids is 1. The average molecular weight is 311 g/mol. The third kappa shape index (κ3) is 5.14. The summed E-state index contributed by atoms with van der Waals surface area (Å²) in [5, 5.41) is 16.3. The van der Waals surface area contributed by atoms with Crippen LogP contribution < -0.4 is 15.7 Å². The van der Waals surface area contributed by atoms with Gasteiger partial charge in [-0.3, -0.25) is 0 Å². The average Bonchev–Trinajstić information content (AvgIpc) is 2.55. The molecule has 0 aliphatic heterocycles. The zero-order valence-corrected chi connectivity index (χ0v) is 12.9. The van der Waals surface area contributed by atoms with Gasteiger partial charge < -0.3 is 20.5 Å². The lowest BCUT2D eigenvalue weighted by Crippen LogP contribution is -2.50. The number of carboxylic acid groups (broad SMARTS) is 1. The molecule has 2 N–H and O–H groups in total. The van der Waals surface area contributed by atoms with Crippen molar-refractivity contribution in [3.8, 4) is 0 Å². The molecule has 0 aromatic heterocycles. The molecule has 1 atom stereocenters. The topological polar surface area (TPSA) is 81.3 Å². The minimum atomic E-state index is -1.31. The summed E-state index contributed by atoms with van der Waals surface area (Å²) in [6.45, 7) is 2.02. The highest BCUT2D eigenvalue weighted by molar-refractivity contribution is 5.92. The SMILES string of the molecule is CCc1cccc(NC(=O)N[C@@H](Cc2ccccc2)C(=O)[O-])c1. The first-order valence-corrected chi connectivity index (χ1v) is 7.49. The highest BCUT2D eigenvalue weighted by atomic mass is 16.4. The molecule has 0 aliphatic rings. The molecule has 5 nitrogen and oxygen atoms in total. The van der Waals surface area contributed by atoms with Crippen LogP contribution in [0.3, 0.4) is 0 Å². The molecule has 2 aromatic rings. The number of benzene rings is 2. The number of carbonyl (C=O) groups is 2. The first kappa shape index (κ1) is 16.5. The molecule has 0 radical (unpaired) electrons. The Bertz CT molecular complexity index is 671. The maximum absolute atomic E-state index is 12.0. The highest BCUT2D eigenvalue weighted by Gasteiger charge is 2.14. The van der Waals surface area contributed by atoms with Crippen LogP contribution in [-0.4, -0.2) is 18.0 Å². The summed E-state index contributed by atoms with van der Waals surface area (Å²) in [5.41, 5.74) is 2.53. The smallest absolute Gasteiger partial charge is 0.319 e. The molecule has 2 aromatic carbocycles. The summed E-state index contributed by atoms with van der Waals surface area (Å²) >= 11 is 0. The van der Waals surface area contributed by atoms with Crippen LogP contribution in [0.25, 0.3) is 0 Å². The van der Waals surface area contributed by atoms with Crippen molar-refractivity contribution in [2.24, 2.45) is 0 Å². The van der Waals surface area contributed by atoms with Gasteiger partial charge in [-0.1, -0.05) is 49.4 Å². The van der Waals surface area contributed by atoms with E-state index in [1.54, 1.807) is 18.2 Å². The number of urea groups is 1. The Morgan fingerprint density at radius 2 is 1.74 bits per heavy atom. The second-order valence-electron chi connectivity index (χ2n) is 5.21. The van der Waals surface area contributed by atoms with Crippen molar-refractivity contribution < 1.29 is 14.7 Å². The number of hydrogen-bond acceptors (Lipinski definition) is 3. The normalized spacial score (nSPS) is 11.5. The third-order valence-corrected chi connectivity index (χ3v) is 3.47. The van der Waals surface area contributed by atoms with Gasteiger partial charge in [-0.05, 0) is 36.1 Å². The van der Waals surface area contributed by atoms with Gasteiger partial charge in [0.1, 0.15) is 0 Å². The highest BCUT2D eigenvalue weighted by Crippen LogP contribution is 2.11. The van der Waals surface area contributed by atoms with Crippen LogP contribution >= 0.6 is 0 Å². The fourth-order valence-corrected chi connectivity index (χ4v) is 2.24. The summed E-state index contributed by atoms with van der Waals surface area (Å²) in [6, 6.07) is 14.8. The number of carboxylic acids is 1. The van der Waals surface area contributed by atoms with Crippen molar-refractivity contribution >= 4 is 17.7 Å². The molecule has 0 spiro atoms. The zero-order valence-electron chi connectivity index (χ0n) is 12.9. The van der Waals surface area contributed by atoms with Crippen LogP contribution in [0.2, 0.25) is 0 Å². The largest absolute Gasteiger partial charge is 0.548 e. The van der Waals surface area contributed by atoms with E-state index in [2.05, 4.69) is 10.6 Å². The summed E-state index contributed by atoms with van der Waals surface area (Å²) in [7, 11) is 0. The number of amides is 2. The molecule has 0 saturated carbocycles. The number of carbonyl (C=O) groups excluding carboxylic acids is 2. The van der Waals surface area contributed by atoms with Gasteiger partial charge in [-0.15, -0.1) is 0 Å². The van der Waals surface area contributed by atoms with Gasteiger partial charge in [0.25, 0.3) is 0 Å². The Labute approximate surface area is 135 Å². The van der Waals surface area contributed by atoms with Crippen molar-refractivity contribution in [3.05, 3.63) is 65.7 Å². The fourth-order valence-electron chi connectivity index (χ4n) is 2.24. The Balaban J connectivity index is 1.99. The number of nitrogens with one attached hydrogen (secondary N) is 2. The maximum atomic E-state index is 12.0. The first-order chi connectivity index (χ1) is 11.1. The van der Waals surface area contributed by atoms with E-state index in [1.165, 1.54) is 0 Å². The van der Waals surface area contributed by atoms with E-state index < -0.39 is 18.0 Å². The molecule has 0 saturated heterocycles. The predicted molar refractivity (Wildman–Crippen MR) is 86.9 cm³/mol. The molecular weight excluding hydrogens is 292 g/mol. The first-order valence-electron chi connectivity index (χ1n) is 7.49. The third-order valence-electron chi connectivity index (χ3n) is 3.47. The van der Waals surface area contributed by atoms with E-state index in [0.29, 0.717) is 5.69 Å². The van der Waals surface area contributed by atoms with E-state index in [4.69, 9.17) is 0 Å². The van der Waals surface area contributed by atoms with Crippen molar-refractivity contribution in [1.29, 1.82) is 0 Å². The van der Waals surface area contributed by atoms with Gasteiger partial charge in [0.2, 0.25) is 0 Å². The second kappa shape index (κ2) is 7.98. The minimum Gasteiger partial charge on any atom is -0.548 e. The molecular formula is C18H19N2O3-. The second-order valence-corrected chi connectivity index (χ2v) is 5.21.